The zero-order valence-corrected chi connectivity index (χ0v) is 11.5. The molecule has 1 aliphatic rings. The molecule has 1 aliphatic heterocycles. The average molecular weight is 251 g/mol. The fourth-order valence-corrected chi connectivity index (χ4v) is 2.11. The van der Waals surface area contributed by atoms with Crippen LogP contribution in [0.3, 0.4) is 0 Å². The van der Waals surface area contributed by atoms with Crippen LogP contribution in [0.5, 0.6) is 5.75 Å². The number of anilines is 1. The van der Waals surface area contributed by atoms with Gasteiger partial charge in [-0.15, -0.1) is 0 Å². The van der Waals surface area contributed by atoms with Crippen LogP contribution in [0.25, 0.3) is 0 Å². The van der Waals surface area contributed by atoms with Crippen molar-refractivity contribution in [3.8, 4) is 5.75 Å². The van der Waals surface area contributed by atoms with Crippen LogP contribution in [0.1, 0.15) is 33.6 Å². The Balaban J connectivity index is 2.17. The van der Waals surface area contributed by atoms with E-state index in [0.717, 1.165) is 24.5 Å². The molecule has 0 aliphatic carbocycles. The van der Waals surface area contributed by atoms with Crippen molar-refractivity contribution >= 4 is 5.69 Å². The second kappa shape index (κ2) is 5.17. The van der Waals surface area contributed by atoms with Crippen molar-refractivity contribution in [1.82, 2.24) is 0 Å². The third-order valence-corrected chi connectivity index (χ3v) is 3.03. The molecule has 1 fully saturated rings. The number of nitrogens with zero attached hydrogens (tertiary/aromatic N) is 1. The van der Waals surface area contributed by atoms with E-state index in [4.69, 9.17) is 4.74 Å². The van der Waals surface area contributed by atoms with Gasteiger partial charge in [-0.25, -0.2) is 4.39 Å². The summed E-state index contributed by atoms with van der Waals surface area (Å²) in [5.74, 6) is 0.605. The van der Waals surface area contributed by atoms with Gasteiger partial charge in [0.25, 0.3) is 0 Å². The van der Waals surface area contributed by atoms with Crippen LogP contribution in [-0.2, 0) is 0 Å². The van der Waals surface area contributed by atoms with Gasteiger partial charge in [-0.1, -0.05) is 20.8 Å². The molecule has 0 bridgehead atoms. The molecule has 0 radical (unpaired) electrons. The number of benzene rings is 1. The monoisotopic (exact) mass is 251 g/mol. The van der Waals surface area contributed by atoms with Crippen LogP contribution in [0, 0.1) is 11.2 Å². The van der Waals surface area contributed by atoms with Crippen LogP contribution in [0.15, 0.2) is 18.2 Å². The molecule has 1 aromatic carbocycles. The third kappa shape index (κ3) is 3.37. The third-order valence-electron chi connectivity index (χ3n) is 3.03. The summed E-state index contributed by atoms with van der Waals surface area (Å²) in [6.07, 6.45) is 2.35. The van der Waals surface area contributed by atoms with E-state index in [1.807, 2.05) is 0 Å². The lowest BCUT2D eigenvalue weighted by Gasteiger charge is -2.24. The Bertz CT molecular complexity index is 405. The highest BCUT2D eigenvalue weighted by Gasteiger charge is 2.19. The number of hydrogen-bond acceptors (Lipinski definition) is 2. The molecule has 3 heteroatoms. The van der Waals surface area contributed by atoms with Crippen LogP contribution >= 0.6 is 0 Å². The normalized spacial score (nSPS) is 16.1. The van der Waals surface area contributed by atoms with E-state index in [0.29, 0.717) is 6.61 Å². The molecule has 0 spiro atoms. The molecular weight excluding hydrogens is 229 g/mol. The van der Waals surface area contributed by atoms with Gasteiger partial charge in [0.1, 0.15) is 11.6 Å². The molecule has 1 aromatic rings. The fourth-order valence-electron chi connectivity index (χ4n) is 2.11. The first-order valence-electron chi connectivity index (χ1n) is 6.63. The highest BCUT2D eigenvalue weighted by atomic mass is 19.1. The predicted octanol–water partition coefficient (Wildman–Crippen LogP) is 3.85. The molecule has 18 heavy (non-hydrogen) atoms. The van der Waals surface area contributed by atoms with Gasteiger partial charge in [-0.05, 0) is 30.4 Å². The molecule has 1 saturated heterocycles. The van der Waals surface area contributed by atoms with Crippen molar-refractivity contribution in [2.45, 2.75) is 33.6 Å². The Hall–Kier alpha value is -1.25. The summed E-state index contributed by atoms with van der Waals surface area (Å²) in [4.78, 5) is 2.21. The molecule has 0 saturated carbocycles. The summed E-state index contributed by atoms with van der Waals surface area (Å²) in [7, 11) is 0. The minimum atomic E-state index is -0.194. The zero-order chi connectivity index (χ0) is 13.2. The quantitative estimate of drug-likeness (QED) is 0.809. The van der Waals surface area contributed by atoms with Crippen LogP contribution < -0.4 is 9.64 Å². The van der Waals surface area contributed by atoms with Crippen molar-refractivity contribution < 1.29 is 9.13 Å². The van der Waals surface area contributed by atoms with Gasteiger partial charge in [0.15, 0.2) is 0 Å². The van der Waals surface area contributed by atoms with Gasteiger partial charge in [0, 0.05) is 19.2 Å². The maximum Gasteiger partial charge on any atom is 0.142 e. The van der Waals surface area contributed by atoms with Crippen molar-refractivity contribution in [1.29, 1.82) is 0 Å². The van der Waals surface area contributed by atoms with Crippen molar-refractivity contribution in [3.63, 3.8) is 0 Å². The highest BCUT2D eigenvalue weighted by Crippen LogP contribution is 2.32. The number of hydrogen-bond donors (Lipinski definition) is 0. The van der Waals surface area contributed by atoms with Crippen molar-refractivity contribution in [2.24, 2.45) is 5.41 Å². The molecule has 1 heterocycles. The zero-order valence-electron chi connectivity index (χ0n) is 11.5. The first-order valence-corrected chi connectivity index (χ1v) is 6.63. The maximum absolute atomic E-state index is 13.4. The molecule has 0 unspecified atom stereocenters. The maximum atomic E-state index is 13.4. The Morgan fingerprint density at radius 2 is 1.89 bits per heavy atom. The summed E-state index contributed by atoms with van der Waals surface area (Å²) >= 11 is 0. The topological polar surface area (TPSA) is 12.5 Å². The Morgan fingerprint density at radius 1 is 1.22 bits per heavy atom. The standard InChI is InChI=1S/C15H22FNO/c1-15(2,3)11-18-14-7-6-12(16)10-13(14)17-8-4-5-9-17/h6-7,10H,4-5,8-9,11H2,1-3H3. The number of ether oxygens (including phenoxy) is 1. The summed E-state index contributed by atoms with van der Waals surface area (Å²) in [5.41, 5.74) is 1.01. The van der Waals surface area contributed by atoms with E-state index in [-0.39, 0.29) is 11.2 Å². The first kappa shape index (κ1) is 13.2. The Morgan fingerprint density at radius 3 is 2.50 bits per heavy atom. The van der Waals surface area contributed by atoms with Gasteiger partial charge < -0.3 is 9.64 Å². The van der Waals surface area contributed by atoms with E-state index in [1.54, 1.807) is 12.1 Å². The molecule has 2 nitrogen and oxygen atoms in total. The SMILES string of the molecule is CC(C)(C)COc1ccc(F)cc1N1CCCC1. The number of halogens is 1. The van der Waals surface area contributed by atoms with E-state index in [1.165, 1.54) is 18.9 Å². The van der Waals surface area contributed by atoms with Crippen LogP contribution in [0.2, 0.25) is 0 Å². The smallest absolute Gasteiger partial charge is 0.142 e. The summed E-state index contributed by atoms with van der Waals surface area (Å²) < 4.78 is 19.3. The summed E-state index contributed by atoms with van der Waals surface area (Å²) in [6, 6.07) is 4.80. The van der Waals surface area contributed by atoms with Gasteiger partial charge in [-0.2, -0.15) is 0 Å². The van der Waals surface area contributed by atoms with E-state index < -0.39 is 0 Å². The summed E-state index contributed by atoms with van der Waals surface area (Å²) in [5, 5.41) is 0. The Kier molecular flexibility index (Phi) is 3.79. The van der Waals surface area contributed by atoms with E-state index >= 15 is 0 Å². The lowest BCUT2D eigenvalue weighted by Crippen LogP contribution is -2.21. The summed E-state index contributed by atoms with van der Waals surface area (Å²) in [6.45, 7) is 9.02. The molecule has 0 amide bonds. The Labute approximate surface area is 109 Å². The molecule has 2 rings (SSSR count). The molecule has 0 N–H and O–H groups in total. The second-order valence-electron chi connectivity index (χ2n) is 6.16. The average Bonchev–Trinajstić information content (AvgIpc) is 2.79. The second-order valence-corrected chi connectivity index (χ2v) is 6.16. The van der Waals surface area contributed by atoms with Crippen molar-refractivity contribution in [3.05, 3.63) is 24.0 Å². The largest absolute Gasteiger partial charge is 0.491 e. The van der Waals surface area contributed by atoms with E-state index in [9.17, 15) is 4.39 Å². The molecule has 100 valence electrons. The van der Waals surface area contributed by atoms with E-state index in [2.05, 4.69) is 25.7 Å². The van der Waals surface area contributed by atoms with Crippen molar-refractivity contribution in [2.75, 3.05) is 24.6 Å². The molecule has 0 aromatic heterocycles. The minimum Gasteiger partial charge on any atom is -0.491 e. The van der Waals surface area contributed by atoms with Gasteiger partial charge in [-0.3, -0.25) is 0 Å². The lowest BCUT2D eigenvalue weighted by atomic mass is 9.99. The van der Waals surface area contributed by atoms with Gasteiger partial charge in [0.2, 0.25) is 0 Å². The number of rotatable bonds is 3. The first-order chi connectivity index (χ1) is 8.46. The lowest BCUT2D eigenvalue weighted by molar-refractivity contribution is 0.198. The minimum absolute atomic E-state index is 0.108. The van der Waals surface area contributed by atoms with Crippen LogP contribution in [-0.4, -0.2) is 19.7 Å². The van der Waals surface area contributed by atoms with Crippen LogP contribution in [0.4, 0.5) is 10.1 Å². The van der Waals surface area contributed by atoms with Gasteiger partial charge in [0.05, 0.1) is 12.3 Å². The highest BCUT2D eigenvalue weighted by molar-refractivity contribution is 5.59. The van der Waals surface area contributed by atoms with Gasteiger partial charge >= 0.3 is 0 Å². The molecular formula is C15H22FNO. The molecule has 0 atom stereocenters. The fraction of sp³-hybridized carbons (Fsp3) is 0.600. The predicted molar refractivity (Wildman–Crippen MR) is 72.8 cm³/mol.